The minimum Gasteiger partial charge on any atom is -0.300 e. The summed E-state index contributed by atoms with van der Waals surface area (Å²) in [6, 6.07) is 0. The molecule has 0 heterocycles. The molecule has 0 saturated carbocycles. The maximum absolute atomic E-state index is 10.9. The van der Waals surface area contributed by atoms with Gasteiger partial charge in [-0.15, -0.1) is 0 Å². The highest BCUT2D eigenvalue weighted by atomic mass is 16.1. The Morgan fingerprint density at radius 1 is 0.359 bits per heavy atom. The molecular formula is C38H72O. The molecule has 1 nitrogen and oxygen atoms in total. The summed E-state index contributed by atoms with van der Waals surface area (Å²) in [6.07, 6.45) is 51.9. The summed E-state index contributed by atoms with van der Waals surface area (Å²) in [4.78, 5) is 10.9. The van der Waals surface area contributed by atoms with Crippen molar-refractivity contribution < 1.29 is 4.79 Å². The van der Waals surface area contributed by atoms with E-state index < -0.39 is 0 Å². The molecule has 0 aliphatic rings. The molecule has 0 aromatic carbocycles. The zero-order valence-electron chi connectivity index (χ0n) is 27.1. The van der Waals surface area contributed by atoms with Gasteiger partial charge in [-0.25, -0.2) is 0 Å². The van der Waals surface area contributed by atoms with Crippen LogP contribution in [0.5, 0.6) is 0 Å². The topological polar surface area (TPSA) is 17.1 Å². The normalized spacial score (nSPS) is 11.8. The number of ketones is 1. The maximum atomic E-state index is 10.9. The Morgan fingerprint density at radius 2 is 0.590 bits per heavy atom. The van der Waals surface area contributed by atoms with Gasteiger partial charge in [-0.1, -0.05) is 166 Å². The lowest BCUT2D eigenvalue weighted by Gasteiger charge is -2.02. The molecule has 0 fully saturated rings. The molecule has 0 rings (SSSR count). The number of hydrogen-bond donors (Lipinski definition) is 0. The van der Waals surface area contributed by atoms with Crippen molar-refractivity contribution in [3.63, 3.8) is 0 Å². The number of hydrogen-bond acceptors (Lipinski definition) is 1. The van der Waals surface area contributed by atoms with Gasteiger partial charge in [0.2, 0.25) is 0 Å². The first-order valence-corrected chi connectivity index (χ1v) is 18.1. The third kappa shape index (κ3) is 37.2. The second-order valence-corrected chi connectivity index (χ2v) is 12.4. The molecule has 0 spiro atoms. The number of carbonyl (C=O) groups excluding carboxylic acids is 1. The van der Waals surface area contributed by atoms with Crippen molar-refractivity contribution >= 4 is 5.78 Å². The quantitative estimate of drug-likeness (QED) is 0.0593. The third-order valence-corrected chi connectivity index (χ3v) is 8.20. The third-order valence-electron chi connectivity index (χ3n) is 8.20. The summed E-state index contributed by atoms with van der Waals surface area (Å²) in [5.74, 6) is 0.347. The highest BCUT2D eigenvalue weighted by Gasteiger charge is 1.96. The fourth-order valence-corrected chi connectivity index (χ4v) is 5.50. The molecule has 0 amide bonds. The first kappa shape index (κ1) is 38.1. The first-order chi connectivity index (χ1) is 19.3. The van der Waals surface area contributed by atoms with Gasteiger partial charge in [-0.2, -0.15) is 0 Å². The molecule has 39 heavy (non-hydrogen) atoms. The zero-order chi connectivity index (χ0) is 28.3. The number of unbranched alkanes of at least 4 members (excludes halogenated alkanes) is 27. The number of allylic oxidation sites excluding steroid dienone is 4. The predicted octanol–water partition coefficient (Wildman–Crippen LogP) is 13.8. The van der Waals surface area contributed by atoms with Crippen LogP contribution in [0.25, 0.3) is 0 Å². The summed E-state index contributed by atoms with van der Waals surface area (Å²) >= 11 is 0. The van der Waals surface area contributed by atoms with Gasteiger partial charge in [-0.3, -0.25) is 0 Å². The van der Waals surface area contributed by atoms with Crippen molar-refractivity contribution in [2.24, 2.45) is 0 Å². The minimum absolute atomic E-state index is 0.347. The van der Waals surface area contributed by atoms with Crippen LogP contribution in [-0.4, -0.2) is 5.78 Å². The van der Waals surface area contributed by atoms with Crippen molar-refractivity contribution in [3.05, 3.63) is 24.3 Å². The lowest BCUT2D eigenvalue weighted by atomic mass is 10.0. The minimum atomic E-state index is 0.347. The van der Waals surface area contributed by atoms with Gasteiger partial charge in [-0.05, 0) is 64.7 Å². The van der Waals surface area contributed by atoms with E-state index in [-0.39, 0.29) is 0 Å². The first-order valence-electron chi connectivity index (χ1n) is 18.1. The van der Waals surface area contributed by atoms with Crippen LogP contribution in [0.15, 0.2) is 24.3 Å². The van der Waals surface area contributed by atoms with E-state index >= 15 is 0 Å². The smallest absolute Gasteiger partial charge is 0.129 e. The summed E-state index contributed by atoms with van der Waals surface area (Å²) in [7, 11) is 0. The second-order valence-electron chi connectivity index (χ2n) is 12.4. The van der Waals surface area contributed by atoms with E-state index in [0.29, 0.717) is 5.78 Å². The van der Waals surface area contributed by atoms with E-state index in [9.17, 15) is 4.79 Å². The lowest BCUT2D eigenvalue weighted by Crippen LogP contribution is -1.89. The van der Waals surface area contributed by atoms with Crippen molar-refractivity contribution in [3.8, 4) is 0 Å². The molecule has 1 heteroatoms. The van der Waals surface area contributed by atoms with E-state index in [2.05, 4.69) is 31.2 Å². The molecule has 0 saturated heterocycles. The monoisotopic (exact) mass is 545 g/mol. The Balaban J connectivity index is 3.15. The molecule has 0 radical (unpaired) electrons. The SMILES string of the molecule is CCCCCCCCCCCCCCC=CCCCCCC=CCCCCCCCCCCCCCC(C)=O. The Kier molecular flexibility index (Phi) is 34.4. The summed E-state index contributed by atoms with van der Waals surface area (Å²) < 4.78 is 0. The van der Waals surface area contributed by atoms with Crippen LogP contribution in [0, 0.1) is 0 Å². The molecule has 0 bridgehead atoms. The van der Waals surface area contributed by atoms with Crippen LogP contribution in [0.2, 0.25) is 0 Å². The Morgan fingerprint density at radius 3 is 0.872 bits per heavy atom. The van der Waals surface area contributed by atoms with Gasteiger partial charge in [0.25, 0.3) is 0 Å². The fraction of sp³-hybridized carbons (Fsp3) is 0.868. The molecule has 0 aromatic rings. The van der Waals surface area contributed by atoms with Crippen LogP contribution < -0.4 is 0 Å². The highest BCUT2D eigenvalue weighted by Crippen LogP contribution is 2.14. The number of carbonyl (C=O) groups is 1. The van der Waals surface area contributed by atoms with E-state index in [0.717, 1.165) is 12.8 Å². The fourth-order valence-electron chi connectivity index (χ4n) is 5.50. The Labute approximate surface area is 247 Å². The largest absolute Gasteiger partial charge is 0.300 e. The van der Waals surface area contributed by atoms with Crippen molar-refractivity contribution in [2.75, 3.05) is 0 Å². The van der Waals surface area contributed by atoms with E-state index in [1.54, 1.807) is 6.92 Å². The summed E-state index contributed by atoms with van der Waals surface area (Å²) in [6.45, 7) is 4.01. The highest BCUT2D eigenvalue weighted by molar-refractivity contribution is 5.75. The summed E-state index contributed by atoms with van der Waals surface area (Å²) in [5.41, 5.74) is 0. The zero-order valence-corrected chi connectivity index (χ0v) is 27.1. The van der Waals surface area contributed by atoms with Crippen LogP contribution in [-0.2, 0) is 4.79 Å². The van der Waals surface area contributed by atoms with Gasteiger partial charge in [0.15, 0.2) is 0 Å². The number of Topliss-reactive ketones (excluding diaryl/α,β-unsaturated/α-hetero) is 1. The van der Waals surface area contributed by atoms with Crippen LogP contribution in [0.3, 0.4) is 0 Å². The van der Waals surface area contributed by atoms with E-state index in [1.165, 1.54) is 186 Å². The Hall–Kier alpha value is -0.850. The van der Waals surface area contributed by atoms with Crippen molar-refractivity contribution in [1.82, 2.24) is 0 Å². The molecule has 0 aromatic heterocycles. The molecule has 0 aliphatic heterocycles. The maximum Gasteiger partial charge on any atom is 0.129 e. The van der Waals surface area contributed by atoms with Crippen LogP contribution in [0.1, 0.15) is 213 Å². The lowest BCUT2D eigenvalue weighted by molar-refractivity contribution is -0.117. The number of rotatable bonds is 33. The standard InChI is InChI=1S/C38H72O/c1-3-4-5-6-7-8-9-10-11-12-13-14-15-16-17-18-19-20-21-22-23-24-25-26-27-28-29-30-31-32-33-34-35-36-37-38(2)39/h16-17,23-24H,3-15,18-22,25-37H2,1-2H3. The molecular weight excluding hydrogens is 472 g/mol. The van der Waals surface area contributed by atoms with Gasteiger partial charge in [0, 0.05) is 6.42 Å². The molecule has 0 aliphatic carbocycles. The van der Waals surface area contributed by atoms with Gasteiger partial charge in [0.05, 0.1) is 0 Å². The average molecular weight is 545 g/mol. The predicted molar refractivity (Wildman–Crippen MR) is 178 cm³/mol. The van der Waals surface area contributed by atoms with Crippen molar-refractivity contribution in [1.29, 1.82) is 0 Å². The molecule has 0 N–H and O–H groups in total. The van der Waals surface area contributed by atoms with Crippen molar-refractivity contribution in [2.45, 2.75) is 213 Å². The summed E-state index contributed by atoms with van der Waals surface area (Å²) in [5, 5.41) is 0. The molecule has 230 valence electrons. The molecule has 0 unspecified atom stereocenters. The van der Waals surface area contributed by atoms with Gasteiger partial charge < -0.3 is 4.79 Å². The second kappa shape index (κ2) is 35.2. The molecule has 0 atom stereocenters. The van der Waals surface area contributed by atoms with Gasteiger partial charge in [0.1, 0.15) is 5.78 Å². The van der Waals surface area contributed by atoms with Crippen LogP contribution >= 0.6 is 0 Å². The van der Waals surface area contributed by atoms with E-state index in [1.807, 2.05) is 0 Å². The van der Waals surface area contributed by atoms with E-state index in [4.69, 9.17) is 0 Å². The van der Waals surface area contributed by atoms with Gasteiger partial charge >= 0.3 is 0 Å². The van der Waals surface area contributed by atoms with Crippen LogP contribution in [0.4, 0.5) is 0 Å². The average Bonchev–Trinajstić information content (AvgIpc) is 2.93. The Bertz CT molecular complexity index is 517.